The Kier molecular flexibility index (Phi) is 4.14. The van der Waals surface area contributed by atoms with Crippen molar-refractivity contribution in [3.8, 4) is 5.75 Å². The van der Waals surface area contributed by atoms with E-state index in [1.807, 2.05) is 0 Å². The fraction of sp³-hybridized carbons (Fsp3) is 0.154. The summed E-state index contributed by atoms with van der Waals surface area (Å²) in [5.74, 6) is -0.327. The van der Waals surface area contributed by atoms with E-state index in [2.05, 4.69) is 15.3 Å². The molecular weight excluding hydrogens is 285 g/mol. The number of hydrogen-bond donors (Lipinski definition) is 1. The smallest absolute Gasteiger partial charge is 0.275 e. The molecule has 1 N–H and O–H groups in total. The minimum absolute atomic E-state index is 0.124. The van der Waals surface area contributed by atoms with E-state index in [1.54, 1.807) is 6.92 Å². The summed E-state index contributed by atoms with van der Waals surface area (Å²) in [7, 11) is 1.47. The van der Waals surface area contributed by atoms with Crippen molar-refractivity contribution in [2.75, 3.05) is 12.4 Å². The first kappa shape index (κ1) is 14.2. The Morgan fingerprint density at radius 2 is 2.20 bits per heavy atom. The van der Waals surface area contributed by atoms with Gasteiger partial charge in [0.05, 0.1) is 24.0 Å². The van der Waals surface area contributed by atoms with Crippen molar-refractivity contribution >= 4 is 23.3 Å². The van der Waals surface area contributed by atoms with Crippen LogP contribution in [0.25, 0.3) is 0 Å². The third-order valence-electron chi connectivity index (χ3n) is 2.50. The number of hydrogen-bond acceptors (Lipinski definition) is 4. The average Bonchev–Trinajstić information content (AvgIpc) is 2.41. The Hall–Kier alpha value is -2.21. The van der Waals surface area contributed by atoms with Gasteiger partial charge in [0.15, 0.2) is 5.75 Å². The number of anilines is 1. The monoisotopic (exact) mass is 295 g/mol. The Labute approximate surface area is 119 Å². The van der Waals surface area contributed by atoms with Crippen LogP contribution in [0.4, 0.5) is 10.2 Å². The summed E-state index contributed by atoms with van der Waals surface area (Å²) in [6.07, 6.45) is 1.01. The zero-order valence-electron chi connectivity index (χ0n) is 10.8. The lowest BCUT2D eigenvalue weighted by molar-refractivity contribution is 0.102. The van der Waals surface area contributed by atoms with E-state index in [1.165, 1.54) is 25.3 Å². The van der Waals surface area contributed by atoms with Gasteiger partial charge in [-0.15, -0.1) is 0 Å². The molecule has 0 radical (unpaired) electrons. The number of ether oxygens (including phenoxy) is 1. The van der Waals surface area contributed by atoms with Crippen LogP contribution < -0.4 is 10.1 Å². The highest BCUT2D eigenvalue weighted by molar-refractivity contribution is 6.32. The molecule has 1 amide bonds. The normalized spacial score (nSPS) is 10.2. The molecule has 0 aliphatic rings. The molecule has 7 heteroatoms. The third kappa shape index (κ3) is 3.03. The van der Waals surface area contributed by atoms with Crippen LogP contribution in [0.2, 0.25) is 5.02 Å². The van der Waals surface area contributed by atoms with E-state index in [4.69, 9.17) is 16.3 Å². The van der Waals surface area contributed by atoms with Gasteiger partial charge in [0.1, 0.15) is 17.3 Å². The number of rotatable bonds is 3. The highest BCUT2D eigenvalue weighted by Gasteiger charge is 2.14. The molecule has 0 saturated heterocycles. The summed E-state index contributed by atoms with van der Waals surface area (Å²) in [4.78, 5) is 19.8. The molecule has 0 spiro atoms. The number of aromatic nitrogens is 2. The van der Waals surface area contributed by atoms with E-state index < -0.39 is 11.7 Å². The van der Waals surface area contributed by atoms with Crippen LogP contribution in [-0.4, -0.2) is 23.0 Å². The molecule has 2 rings (SSSR count). The molecule has 2 heterocycles. The van der Waals surface area contributed by atoms with Crippen LogP contribution in [0.5, 0.6) is 5.75 Å². The van der Waals surface area contributed by atoms with Gasteiger partial charge in [-0.25, -0.2) is 14.4 Å². The summed E-state index contributed by atoms with van der Waals surface area (Å²) in [6.45, 7) is 1.68. The number of nitrogens with one attached hydrogen (secondary N) is 1. The lowest BCUT2D eigenvalue weighted by Gasteiger charge is -2.09. The lowest BCUT2D eigenvalue weighted by Crippen LogP contribution is -2.15. The molecular formula is C13H11ClFN3O2. The Morgan fingerprint density at radius 3 is 2.75 bits per heavy atom. The molecule has 0 bridgehead atoms. The second-order valence-electron chi connectivity index (χ2n) is 3.92. The van der Waals surface area contributed by atoms with Crippen LogP contribution in [-0.2, 0) is 0 Å². The van der Waals surface area contributed by atoms with Crippen molar-refractivity contribution in [3.63, 3.8) is 0 Å². The van der Waals surface area contributed by atoms with Crippen LogP contribution in [0.1, 0.15) is 16.2 Å². The van der Waals surface area contributed by atoms with Gasteiger partial charge in [-0.2, -0.15) is 0 Å². The van der Waals surface area contributed by atoms with Crippen molar-refractivity contribution in [3.05, 3.63) is 46.6 Å². The van der Waals surface area contributed by atoms with Gasteiger partial charge in [0.2, 0.25) is 0 Å². The molecule has 0 unspecified atom stereocenters. The van der Waals surface area contributed by atoms with E-state index >= 15 is 0 Å². The van der Waals surface area contributed by atoms with E-state index in [-0.39, 0.29) is 16.5 Å². The highest BCUT2D eigenvalue weighted by Crippen LogP contribution is 2.27. The molecule has 104 valence electrons. The minimum Gasteiger partial charge on any atom is -0.493 e. The molecule has 5 nitrogen and oxygen atoms in total. The molecule has 0 aromatic carbocycles. The first-order chi connectivity index (χ1) is 9.51. The van der Waals surface area contributed by atoms with Gasteiger partial charge in [-0.3, -0.25) is 4.79 Å². The number of aryl methyl sites for hydroxylation is 1. The zero-order chi connectivity index (χ0) is 14.7. The van der Waals surface area contributed by atoms with Gasteiger partial charge in [-0.1, -0.05) is 11.6 Å². The second-order valence-corrected chi connectivity index (χ2v) is 4.33. The molecule has 0 aliphatic heterocycles. The van der Waals surface area contributed by atoms with Crippen molar-refractivity contribution in [1.82, 2.24) is 9.97 Å². The molecule has 0 fully saturated rings. The number of amides is 1. The van der Waals surface area contributed by atoms with Crippen LogP contribution in [0.3, 0.4) is 0 Å². The largest absolute Gasteiger partial charge is 0.493 e. The number of methoxy groups -OCH3 is 1. The topological polar surface area (TPSA) is 64.1 Å². The van der Waals surface area contributed by atoms with Crippen molar-refractivity contribution in [2.45, 2.75) is 6.92 Å². The van der Waals surface area contributed by atoms with Crippen molar-refractivity contribution < 1.29 is 13.9 Å². The van der Waals surface area contributed by atoms with Gasteiger partial charge in [-0.05, 0) is 25.1 Å². The predicted octanol–water partition coefficient (Wildman–Crippen LogP) is 2.84. The average molecular weight is 296 g/mol. The predicted molar refractivity (Wildman–Crippen MR) is 72.7 cm³/mol. The maximum absolute atomic E-state index is 12.7. The zero-order valence-corrected chi connectivity index (χ0v) is 11.5. The maximum atomic E-state index is 12.7. The number of halogens is 2. The quantitative estimate of drug-likeness (QED) is 0.945. The molecule has 0 atom stereocenters. The summed E-state index contributed by atoms with van der Waals surface area (Å²) in [5.41, 5.74) is 0.622. The van der Waals surface area contributed by atoms with E-state index in [0.29, 0.717) is 11.4 Å². The number of carbonyl (C=O) groups is 1. The van der Waals surface area contributed by atoms with Gasteiger partial charge in [0.25, 0.3) is 5.91 Å². The molecule has 20 heavy (non-hydrogen) atoms. The molecule has 0 aliphatic carbocycles. The van der Waals surface area contributed by atoms with Crippen molar-refractivity contribution in [2.24, 2.45) is 0 Å². The third-order valence-corrected chi connectivity index (χ3v) is 2.78. The van der Waals surface area contributed by atoms with Gasteiger partial charge in [0, 0.05) is 0 Å². The Balaban J connectivity index is 2.23. The first-order valence-corrected chi connectivity index (χ1v) is 6.03. The minimum atomic E-state index is -0.489. The molecule has 2 aromatic heterocycles. The second kappa shape index (κ2) is 5.83. The summed E-state index contributed by atoms with van der Waals surface area (Å²) in [5, 5.41) is 2.79. The van der Waals surface area contributed by atoms with Gasteiger partial charge >= 0.3 is 0 Å². The van der Waals surface area contributed by atoms with Crippen LogP contribution in [0, 0.1) is 12.7 Å². The van der Waals surface area contributed by atoms with E-state index in [9.17, 15) is 9.18 Å². The summed E-state index contributed by atoms with van der Waals surface area (Å²) >= 11 is 5.99. The van der Waals surface area contributed by atoms with E-state index in [0.717, 1.165) is 6.20 Å². The number of pyridine rings is 2. The summed E-state index contributed by atoms with van der Waals surface area (Å²) < 4.78 is 17.8. The van der Waals surface area contributed by atoms with Crippen LogP contribution in [0.15, 0.2) is 24.4 Å². The Morgan fingerprint density at radius 1 is 1.45 bits per heavy atom. The first-order valence-electron chi connectivity index (χ1n) is 5.65. The van der Waals surface area contributed by atoms with Crippen molar-refractivity contribution in [1.29, 1.82) is 0 Å². The summed E-state index contributed by atoms with van der Waals surface area (Å²) in [6, 6.07) is 3.94. The van der Waals surface area contributed by atoms with Crippen LogP contribution >= 0.6 is 11.6 Å². The highest BCUT2D eigenvalue weighted by atomic mass is 35.5. The SMILES string of the molecule is COc1c(Cl)cc(C(=O)Nc2ccc(F)cn2)nc1C. The molecule has 0 saturated carbocycles. The standard InChI is InChI=1S/C13H11ClFN3O2/c1-7-12(20-2)9(14)5-10(17-7)13(19)18-11-4-3-8(15)6-16-11/h3-6H,1-2H3,(H,16,18,19). The molecule has 2 aromatic rings. The maximum Gasteiger partial charge on any atom is 0.275 e. The number of nitrogens with zero attached hydrogens (tertiary/aromatic N) is 2. The lowest BCUT2D eigenvalue weighted by atomic mass is 10.2. The Bertz CT molecular complexity index is 624. The van der Waals surface area contributed by atoms with Gasteiger partial charge < -0.3 is 10.1 Å². The fourth-order valence-corrected chi connectivity index (χ4v) is 1.93. The fourth-order valence-electron chi connectivity index (χ4n) is 1.61. The number of carbonyl (C=O) groups excluding carboxylic acids is 1.